The Bertz CT molecular complexity index is 908. The predicted molar refractivity (Wildman–Crippen MR) is 109 cm³/mol. The van der Waals surface area contributed by atoms with E-state index in [1.54, 1.807) is 0 Å². The molecule has 1 aromatic heterocycles. The molecular weight excluding hydrogens is 334 g/mol. The van der Waals surface area contributed by atoms with Crippen molar-refractivity contribution in [2.75, 3.05) is 0 Å². The molecular formula is C23H27N3O. The Balaban J connectivity index is 1.67. The molecule has 27 heavy (non-hydrogen) atoms. The van der Waals surface area contributed by atoms with Gasteiger partial charge in [0.1, 0.15) is 0 Å². The quantitative estimate of drug-likeness (QED) is 0.689. The van der Waals surface area contributed by atoms with Crippen molar-refractivity contribution in [3.8, 4) is 0 Å². The number of aromatic nitrogens is 2. The minimum absolute atomic E-state index is 0.0208. The van der Waals surface area contributed by atoms with Crippen LogP contribution in [0.15, 0.2) is 54.6 Å². The van der Waals surface area contributed by atoms with Gasteiger partial charge in [-0.25, -0.2) is 0 Å². The molecule has 0 saturated heterocycles. The summed E-state index contributed by atoms with van der Waals surface area (Å²) < 4.78 is 1.98. The summed E-state index contributed by atoms with van der Waals surface area (Å²) in [4.78, 5) is 12.7. The molecule has 0 aliphatic carbocycles. The maximum atomic E-state index is 12.7. The second kappa shape index (κ2) is 8.21. The van der Waals surface area contributed by atoms with Gasteiger partial charge in [-0.05, 0) is 56.5 Å². The Morgan fingerprint density at radius 3 is 2.26 bits per heavy atom. The Morgan fingerprint density at radius 2 is 1.70 bits per heavy atom. The molecule has 4 nitrogen and oxygen atoms in total. The Kier molecular flexibility index (Phi) is 5.75. The van der Waals surface area contributed by atoms with E-state index in [1.807, 2.05) is 35.9 Å². The van der Waals surface area contributed by atoms with E-state index in [4.69, 9.17) is 0 Å². The van der Waals surface area contributed by atoms with Crippen molar-refractivity contribution in [3.63, 3.8) is 0 Å². The molecule has 1 amide bonds. The largest absolute Gasteiger partial charge is 0.345 e. The molecule has 3 aromatic rings. The number of benzene rings is 2. The monoisotopic (exact) mass is 361 g/mol. The smallest absolute Gasteiger partial charge is 0.251 e. The zero-order valence-corrected chi connectivity index (χ0v) is 16.5. The second-order valence-electron chi connectivity index (χ2n) is 7.13. The molecule has 1 atom stereocenters. The molecule has 0 fully saturated rings. The number of carbonyl (C=O) groups is 1. The maximum Gasteiger partial charge on any atom is 0.251 e. The van der Waals surface area contributed by atoms with Crippen LogP contribution in [0.25, 0.3) is 0 Å². The van der Waals surface area contributed by atoms with Gasteiger partial charge in [-0.3, -0.25) is 9.48 Å². The summed E-state index contributed by atoms with van der Waals surface area (Å²) in [6, 6.07) is 18.2. The molecule has 0 aliphatic heterocycles. The Morgan fingerprint density at radius 1 is 1.04 bits per heavy atom. The van der Waals surface area contributed by atoms with E-state index >= 15 is 0 Å². The summed E-state index contributed by atoms with van der Waals surface area (Å²) in [7, 11) is 0. The van der Waals surface area contributed by atoms with Gasteiger partial charge in [0.2, 0.25) is 0 Å². The molecule has 0 bridgehead atoms. The van der Waals surface area contributed by atoms with Gasteiger partial charge in [0.05, 0.1) is 18.3 Å². The highest BCUT2D eigenvalue weighted by atomic mass is 16.1. The SMILES string of the molecule is CC[C@@H](NC(=O)c1ccc(Cn2nc(C)cc2C)cc1)c1ccc(C)cc1. The van der Waals surface area contributed by atoms with Crippen LogP contribution in [0.2, 0.25) is 0 Å². The Labute approximate surface area is 161 Å². The van der Waals surface area contributed by atoms with Gasteiger partial charge in [0, 0.05) is 11.3 Å². The number of carbonyl (C=O) groups excluding carboxylic acids is 1. The zero-order chi connectivity index (χ0) is 19.4. The van der Waals surface area contributed by atoms with Gasteiger partial charge in [0.25, 0.3) is 5.91 Å². The molecule has 140 valence electrons. The highest BCUT2D eigenvalue weighted by Gasteiger charge is 2.14. The van der Waals surface area contributed by atoms with Crippen molar-refractivity contribution in [1.82, 2.24) is 15.1 Å². The highest BCUT2D eigenvalue weighted by molar-refractivity contribution is 5.94. The van der Waals surface area contributed by atoms with E-state index in [9.17, 15) is 4.79 Å². The van der Waals surface area contributed by atoms with Gasteiger partial charge in [-0.15, -0.1) is 0 Å². The zero-order valence-electron chi connectivity index (χ0n) is 16.5. The van der Waals surface area contributed by atoms with Crippen LogP contribution in [0.5, 0.6) is 0 Å². The third-order valence-electron chi connectivity index (χ3n) is 4.85. The summed E-state index contributed by atoms with van der Waals surface area (Å²) >= 11 is 0. The number of nitrogens with zero attached hydrogens (tertiary/aromatic N) is 2. The molecule has 3 rings (SSSR count). The summed E-state index contributed by atoms with van der Waals surface area (Å²) in [5.41, 5.74) is 6.32. The lowest BCUT2D eigenvalue weighted by Gasteiger charge is -2.18. The van der Waals surface area contributed by atoms with Crippen molar-refractivity contribution in [1.29, 1.82) is 0 Å². The summed E-state index contributed by atoms with van der Waals surface area (Å²) in [5, 5.41) is 7.63. The molecule has 0 radical (unpaired) electrons. The third-order valence-corrected chi connectivity index (χ3v) is 4.85. The van der Waals surface area contributed by atoms with Gasteiger partial charge < -0.3 is 5.32 Å². The number of aryl methyl sites for hydroxylation is 3. The van der Waals surface area contributed by atoms with E-state index in [2.05, 4.69) is 61.5 Å². The third kappa shape index (κ3) is 4.64. The van der Waals surface area contributed by atoms with Crippen LogP contribution in [0.3, 0.4) is 0 Å². The minimum atomic E-state index is -0.0416. The van der Waals surface area contributed by atoms with E-state index in [1.165, 1.54) is 5.56 Å². The first kappa shape index (κ1) is 18.9. The number of nitrogens with one attached hydrogen (secondary N) is 1. The van der Waals surface area contributed by atoms with Crippen LogP contribution in [-0.4, -0.2) is 15.7 Å². The normalized spacial score (nSPS) is 12.0. The van der Waals surface area contributed by atoms with Crippen LogP contribution in [-0.2, 0) is 6.54 Å². The van der Waals surface area contributed by atoms with Gasteiger partial charge in [-0.2, -0.15) is 5.10 Å². The number of rotatable bonds is 6. The van der Waals surface area contributed by atoms with Crippen molar-refractivity contribution in [2.24, 2.45) is 0 Å². The first-order chi connectivity index (χ1) is 13.0. The predicted octanol–water partition coefficient (Wildman–Crippen LogP) is 4.74. The first-order valence-corrected chi connectivity index (χ1v) is 9.43. The lowest BCUT2D eigenvalue weighted by molar-refractivity contribution is 0.0935. The fraction of sp³-hybridized carbons (Fsp3) is 0.304. The topological polar surface area (TPSA) is 46.9 Å². The second-order valence-corrected chi connectivity index (χ2v) is 7.13. The summed E-state index contributed by atoms with van der Waals surface area (Å²) in [5.74, 6) is -0.0416. The van der Waals surface area contributed by atoms with Crippen LogP contribution >= 0.6 is 0 Å². The van der Waals surface area contributed by atoms with Crippen molar-refractivity contribution in [3.05, 3.63) is 88.2 Å². The number of amides is 1. The lowest BCUT2D eigenvalue weighted by Crippen LogP contribution is -2.28. The van der Waals surface area contributed by atoms with E-state index in [-0.39, 0.29) is 11.9 Å². The summed E-state index contributed by atoms with van der Waals surface area (Å²) in [6.45, 7) is 8.91. The van der Waals surface area contributed by atoms with E-state index in [0.717, 1.165) is 28.9 Å². The van der Waals surface area contributed by atoms with Crippen LogP contribution < -0.4 is 5.32 Å². The van der Waals surface area contributed by atoms with Crippen molar-refractivity contribution < 1.29 is 4.79 Å². The standard InChI is InChI=1S/C23H27N3O/c1-5-22(20-10-6-16(2)7-11-20)24-23(27)21-12-8-19(9-13-21)15-26-18(4)14-17(3)25-26/h6-14,22H,5,15H2,1-4H3,(H,24,27)/t22-/m1/s1. The van der Waals surface area contributed by atoms with E-state index in [0.29, 0.717) is 12.1 Å². The number of hydrogen-bond acceptors (Lipinski definition) is 2. The molecule has 0 spiro atoms. The molecule has 0 unspecified atom stereocenters. The molecule has 0 saturated carbocycles. The lowest BCUT2D eigenvalue weighted by atomic mass is 10.0. The highest BCUT2D eigenvalue weighted by Crippen LogP contribution is 2.18. The van der Waals surface area contributed by atoms with Crippen LogP contribution in [0.4, 0.5) is 0 Å². The molecule has 1 heterocycles. The van der Waals surface area contributed by atoms with Crippen molar-refractivity contribution >= 4 is 5.91 Å². The fourth-order valence-electron chi connectivity index (χ4n) is 3.23. The van der Waals surface area contributed by atoms with Gasteiger partial charge >= 0.3 is 0 Å². The number of hydrogen-bond donors (Lipinski definition) is 1. The molecule has 4 heteroatoms. The van der Waals surface area contributed by atoms with Crippen LogP contribution in [0.1, 0.15) is 57.8 Å². The molecule has 2 aromatic carbocycles. The molecule has 1 N–H and O–H groups in total. The van der Waals surface area contributed by atoms with Gasteiger partial charge in [-0.1, -0.05) is 48.9 Å². The van der Waals surface area contributed by atoms with Crippen molar-refractivity contribution in [2.45, 2.75) is 46.7 Å². The molecule has 0 aliphatic rings. The van der Waals surface area contributed by atoms with Crippen LogP contribution in [0, 0.1) is 20.8 Å². The summed E-state index contributed by atoms with van der Waals surface area (Å²) in [6.07, 6.45) is 0.852. The maximum absolute atomic E-state index is 12.7. The minimum Gasteiger partial charge on any atom is -0.345 e. The van der Waals surface area contributed by atoms with Gasteiger partial charge in [0.15, 0.2) is 0 Å². The average Bonchev–Trinajstić information content (AvgIpc) is 2.98. The Hall–Kier alpha value is -2.88. The van der Waals surface area contributed by atoms with E-state index < -0.39 is 0 Å². The fourth-order valence-corrected chi connectivity index (χ4v) is 3.23. The average molecular weight is 361 g/mol. The first-order valence-electron chi connectivity index (χ1n) is 9.43.